The molecular formula is C18H28N2. The van der Waals surface area contributed by atoms with E-state index in [0.717, 1.165) is 13.0 Å². The van der Waals surface area contributed by atoms with Crippen LogP contribution in [0.3, 0.4) is 0 Å². The maximum absolute atomic E-state index is 3.71. The Hall–Kier alpha value is -0.860. The second kappa shape index (κ2) is 6.28. The van der Waals surface area contributed by atoms with Gasteiger partial charge in [0.1, 0.15) is 0 Å². The van der Waals surface area contributed by atoms with Crippen molar-refractivity contribution in [3.8, 4) is 0 Å². The van der Waals surface area contributed by atoms with Gasteiger partial charge in [0.15, 0.2) is 0 Å². The molecule has 0 bridgehead atoms. The van der Waals surface area contributed by atoms with Gasteiger partial charge in [-0.2, -0.15) is 0 Å². The molecule has 3 rings (SSSR count). The monoisotopic (exact) mass is 272 g/mol. The second-order valence-electron chi connectivity index (χ2n) is 6.84. The van der Waals surface area contributed by atoms with Gasteiger partial charge in [-0.25, -0.2) is 0 Å². The Bertz CT molecular complexity index is 409. The maximum Gasteiger partial charge on any atom is 0.0236 e. The van der Waals surface area contributed by atoms with E-state index >= 15 is 0 Å². The molecule has 1 aromatic carbocycles. The SMILES string of the molecule is CC1(N2CCNC(Cc3ccccc3)C2)CCCCC1. The van der Waals surface area contributed by atoms with Crippen molar-refractivity contribution in [3.63, 3.8) is 0 Å². The fraction of sp³-hybridized carbons (Fsp3) is 0.667. The summed E-state index contributed by atoms with van der Waals surface area (Å²) >= 11 is 0. The first-order valence-corrected chi connectivity index (χ1v) is 8.29. The summed E-state index contributed by atoms with van der Waals surface area (Å²) in [4.78, 5) is 2.77. The van der Waals surface area contributed by atoms with E-state index in [1.54, 1.807) is 0 Å². The summed E-state index contributed by atoms with van der Waals surface area (Å²) < 4.78 is 0. The molecule has 2 heteroatoms. The predicted octanol–water partition coefficient (Wildman–Crippen LogP) is 3.23. The second-order valence-corrected chi connectivity index (χ2v) is 6.84. The zero-order valence-corrected chi connectivity index (χ0v) is 12.8. The third-order valence-corrected chi connectivity index (χ3v) is 5.27. The van der Waals surface area contributed by atoms with Crippen LogP contribution in [-0.2, 0) is 6.42 Å². The van der Waals surface area contributed by atoms with Crippen molar-refractivity contribution in [2.75, 3.05) is 19.6 Å². The molecule has 0 aromatic heterocycles. The average molecular weight is 272 g/mol. The third-order valence-electron chi connectivity index (χ3n) is 5.27. The maximum atomic E-state index is 3.71. The number of hydrogen-bond acceptors (Lipinski definition) is 2. The van der Waals surface area contributed by atoms with Crippen LogP contribution in [0.5, 0.6) is 0 Å². The molecule has 2 nitrogen and oxygen atoms in total. The number of piperazine rings is 1. The lowest BCUT2D eigenvalue weighted by Gasteiger charge is -2.48. The molecule has 1 saturated carbocycles. The van der Waals surface area contributed by atoms with Crippen LogP contribution >= 0.6 is 0 Å². The molecule has 110 valence electrons. The van der Waals surface area contributed by atoms with Gasteiger partial charge in [0.2, 0.25) is 0 Å². The molecule has 1 aliphatic heterocycles. The fourth-order valence-corrected chi connectivity index (χ4v) is 3.98. The minimum atomic E-state index is 0.468. The summed E-state index contributed by atoms with van der Waals surface area (Å²) in [5.41, 5.74) is 1.93. The van der Waals surface area contributed by atoms with E-state index < -0.39 is 0 Å². The summed E-state index contributed by atoms with van der Waals surface area (Å²) in [6.07, 6.45) is 8.23. The minimum absolute atomic E-state index is 0.468. The normalized spacial score (nSPS) is 27.4. The Kier molecular flexibility index (Phi) is 4.42. The smallest absolute Gasteiger partial charge is 0.0236 e. The molecule has 0 radical (unpaired) electrons. The van der Waals surface area contributed by atoms with E-state index in [9.17, 15) is 0 Å². The van der Waals surface area contributed by atoms with E-state index in [1.165, 1.54) is 50.8 Å². The van der Waals surface area contributed by atoms with Crippen LogP contribution in [0.1, 0.15) is 44.6 Å². The van der Waals surface area contributed by atoms with Gasteiger partial charge in [0.05, 0.1) is 0 Å². The molecule has 2 fully saturated rings. The third kappa shape index (κ3) is 3.24. The van der Waals surface area contributed by atoms with Gasteiger partial charge in [-0.05, 0) is 31.7 Å². The largest absolute Gasteiger partial charge is 0.311 e. The zero-order chi connectivity index (χ0) is 13.8. The molecule has 1 aliphatic carbocycles. The number of nitrogens with one attached hydrogen (secondary N) is 1. The first-order chi connectivity index (χ1) is 9.76. The number of benzene rings is 1. The van der Waals surface area contributed by atoms with E-state index in [2.05, 4.69) is 47.5 Å². The topological polar surface area (TPSA) is 15.3 Å². The van der Waals surface area contributed by atoms with Crippen molar-refractivity contribution < 1.29 is 0 Å². The lowest BCUT2D eigenvalue weighted by atomic mass is 9.81. The Labute approximate surface area is 123 Å². The highest BCUT2D eigenvalue weighted by Crippen LogP contribution is 2.33. The van der Waals surface area contributed by atoms with Gasteiger partial charge < -0.3 is 5.32 Å². The van der Waals surface area contributed by atoms with Gasteiger partial charge >= 0.3 is 0 Å². The van der Waals surface area contributed by atoms with Gasteiger partial charge in [-0.1, -0.05) is 49.6 Å². The summed E-state index contributed by atoms with van der Waals surface area (Å²) in [5.74, 6) is 0. The zero-order valence-electron chi connectivity index (χ0n) is 12.8. The van der Waals surface area contributed by atoms with E-state index in [0.29, 0.717) is 11.6 Å². The van der Waals surface area contributed by atoms with Crippen molar-refractivity contribution in [2.24, 2.45) is 0 Å². The highest BCUT2D eigenvalue weighted by Gasteiger charge is 2.35. The van der Waals surface area contributed by atoms with Crippen LogP contribution in [0, 0.1) is 0 Å². The van der Waals surface area contributed by atoms with Crippen LogP contribution in [0.25, 0.3) is 0 Å². The lowest BCUT2D eigenvalue weighted by molar-refractivity contribution is 0.0394. The predicted molar refractivity (Wildman–Crippen MR) is 85.0 cm³/mol. The quantitative estimate of drug-likeness (QED) is 0.909. The minimum Gasteiger partial charge on any atom is -0.311 e. The summed E-state index contributed by atoms with van der Waals surface area (Å²) in [7, 11) is 0. The number of nitrogens with zero attached hydrogens (tertiary/aromatic N) is 1. The van der Waals surface area contributed by atoms with Crippen molar-refractivity contribution in [3.05, 3.63) is 35.9 Å². The summed E-state index contributed by atoms with van der Waals surface area (Å²) in [5, 5.41) is 3.71. The molecule has 1 saturated heterocycles. The average Bonchev–Trinajstić information content (AvgIpc) is 2.49. The molecule has 1 N–H and O–H groups in total. The fourth-order valence-electron chi connectivity index (χ4n) is 3.98. The Morgan fingerprint density at radius 2 is 1.90 bits per heavy atom. The van der Waals surface area contributed by atoms with E-state index in [4.69, 9.17) is 0 Å². The molecule has 1 atom stereocenters. The first kappa shape index (κ1) is 14.1. The van der Waals surface area contributed by atoms with Gasteiger partial charge in [0.25, 0.3) is 0 Å². The van der Waals surface area contributed by atoms with Crippen molar-refractivity contribution in [2.45, 2.75) is 57.0 Å². The van der Waals surface area contributed by atoms with Crippen LogP contribution < -0.4 is 5.32 Å². The first-order valence-electron chi connectivity index (χ1n) is 8.29. The van der Waals surface area contributed by atoms with Crippen LogP contribution in [0.2, 0.25) is 0 Å². The molecule has 2 aliphatic rings. The summed E-state index contributed by atoms with van der Waals surface area (Å²) in [6.45, 7) is 6.08. The van der Waals surface area contributed by atoms with Crippen molar-refractivity contribution >= 4 is 0 Å². The highest BCUT2D eigenvalue weighted by molar-refractivity contribution is 5.16. The molecule has 20 heavy (non-hydrogen) atoms. The molecule has 1 aromatic rings. The number of rotatable bonds is 3. The van der Waals surface area contributed by atoms with Gasteiger partial charge in [-0.15, -0.1) is 0 Å². The lowest BCUT2D eigenvalue weighted by Crippen LogP contribution is -2.59. The molecule has 1 unspecified atom stereocenters. The Morgan fingerprint density at radius 1 is 1.15 bits per heavy atom. The summed E-state index contributed by atoms with van der Waals surface area (Å²) in [6, 6.07) is 11.5. The van der Waals surface area contributed by atoms with Crippen LogP contribution in [0.4, 0.5) is 0 Å². The van der Waals surface area contributed by atoms with Crippen LogP contribution in [-0.4, -0.2) is 36.1 Å². The van der Waals surface area contributed by atoms with Gasteiger partial charge in [-0.3, -0.25) is 4.90 Å². The number of hydrogen-bond donors (Lipinski definition) is 1. The molecular weight excluding hydrogens is 244 g/mol. The van der Waals surface area contributed by atoms with E-state index in [-0.39, 0.29) is 0 Å². The standard InChI is InChI=1S/C18H28N2/c1-18(10-6-3-7-11-18)20-13-12-19-17(15-20)14-16-8-4-2-5-9-16/h2,4-5,8-9,17,19H,3,6-7,10-15H2,1H3. The van der Waals surface area contributed by atoms with Gasteiger partial charge in [0, 0.05) is 31.2 Å². The van der Waals surface area contributed by atoms with Crippen molar-refractivity contribution in [1.29, 1.82) is 0 Å². The van der Waals surface area contributed by atoms with E-state index in [1.807, 2.05) is 0 Å². The molecule has 0 amide bonds. The van der Waals surface area contributed by atoms with Crippen molar-refractivity contribution in [1.82, 2.24) is 10.2 Å². The highest BCUT2D eigenvalue weighted by atomic mass is 15.3. The Morgan fingerprint density at radius 3 is 2.65 bits per heavy atom. The Balaban J connectivity index is 1.61. The molecule has 1 heterocycles. The molecule has 0 spiro atoms. The van der Waals surface area contributed by atoms with Crippen LogP contribution in [0.15, 0.2) is 30.3 Å².